The molecule has 0 spiro atoms. The largest absolute Gasteiger partial charge is 0.310 e. The van der Waals surface area contributed by atoms with Crippen LogP contribution in [0.3, 0.4) is 0 Å². The van der Waals surface area contributed by atoms with Crippen LogP contribution in [0.5, 0.6) is 0 Å². The van der Waals surface area contributed by atoms with Crippen LogP contribution in [-0.4, -0.2) is 37.9 Å². The average molecular weight is 242 g/mol. The minimum atomic E-state index is 0.721. The van der Waals surface area contributed by atoms with Gasteiger partial charge in [0.05, 0.1) is 0 Å². The van der Waals surface area contributed by atoms with Gasteiger partial charge in [0.2, 0.25) is 0 Å². The molecule has 2 fully saturated rings. The Morgan fingerprint density at radius 1 is 1.28 bits per heavy atom. The molecule has 1 aromatic rings. The van der Waals surface area contributed by atoms with Crippen LogP contribution in [0.4, 0.5) is 0 Å². The quantitative estimate of drug-likeness (QED) is 0.783. The van der Waals surface area contributed by atoms with Crippen LogP contribution in [0.25, 0.3) is 0 Å². The van der Waals surface area contributed by atoms with E-state index in [2.05, 4.69) is 49.4 Å². The summed E-state index contributed by atoms with van der Waals surface area (Å²) in [7, 11) is 4.47. The lowest BCUT2D eigenvalue weighted by atomic mass is 9.94. The molecule has 0 saturated carbocycles. The van der Waals surface area contributed by atoms with Crippen molar-refractivity contribution in [1.82, 2.24) is 10.2 Å². The van der Waals surface area contributed by atoms with Crippen molar-refractivity contribution >= 4 is 13.3 Å². The van der Waals surface area contributed by atoms with Crippen molar-refractivity contribution in [3.8, 4) is 0 Å². The van der Waals surface area contributed by atoms with Gasteiger partial charge in [0.15, 0.2) is 0 Å². The van der Waals surface area contributed by atoms with E-state index in [0.717, 1.165) is 24.7 Å². The van der Waals surface area contributed by atoms with Gasteiger partial charge in [-0.25, -0.2) is 0 Å². The van der Waals surface area contributed by atoms with Gasteiger partial charge in [-0.1, -0.05) is 29.7 Å². The first-order valence-corrected chi connectivity index (χ1v) is 7.23. The summed E-state index contributed by atoms with van der Waals surface area (Å²) in [6.45, 7) is 1.02. The van der Waals surface area contributed by atoms with Gasteiger partial charge in [-0.05, 0) is 38.3 Å². The summed E-state index contributed by atoms with van der Waals surface area (Å²) in [5.74, 6) is 0. The zero-order valence-electron chi connectivity index (χ0n) is 11.5. The SMILES string of the molecule is Bc1cccc(CNC2CC3CCC(C2)N3C)c1. The van der Waals surface area contributed by atoms with E-state index in [9.17, 15) is 0 Å². The number of nitrogens with zero attached hydrogens (tertiary/aromatic N) is 1. The van der Waals surface area contributed by atoms with Gasteiger partial charge < -0.3 is 10.2 Å². The Bertz CT molecular complexity index is 407. The summed E-state index contributed by atoms with van der Waals surface area (Å²) in [6, 6.07) is 11.2. The van der Waals surface area contributed by atoms with Crippen molar-refractivity contribution in [2.45, 2.75) is 50.4 Å². The Hall–Kier alpha value is -0.795. The maximum Gasteiger partial charge on any atom is 0.139 e. The number of hydrogen-bond donors (Lipinski definition) is 1. The highest BCUT2D eigenvalue weighted by Crippen LogP contribution is 2.34. The minimum absolute atomic E-state index is 0.721. The molecule has 2 aliphatic heterocycles. The molecule has 2 unspecified atom stereocenters. The molecule has 2 bridgehead atoms. The van der Waals surface area contributed by atoms with Gasteiger partial charge in [-0.15, -0.1) is 0 Å². The van der Waals surface area contributed by atoms with Gasteiger partial charge in [0.1, 0.15) is 7.85 Å². The lowest BCUT2D eigenvalue weighted by Crippen LogP contribution is -2.47. The third kappa shape index (κ3) is 2.48. The molecule has 2 aliphatic rings. The van der Waals surface area contributed by atoms with E-state index in [0.29, 0.717) is 0 Å². The van der Waals surface area contributed by atoms with Crippen LogP contribution in [0.15, 0.2) is 24.3 Å². The second-order valence-corrected chi connectivity index (χ2v) is 6.09. The number of nitrogens with one attached hydrogen (secondary N) is 1. The smallest absolute Gasteiger partial charge is 0.139 e. The van der Waals surface area contributed by atoms with Gasteiger partial charge in [0.25, 0.3) is 0 Å². The second-order valence-electron chi connectivity index (χ2n) is 6.09. The number of hydrogen-bond acceptors (Lipinski definition) is 2. The van der Waals surface area contributed by atoms with Crippen LogP contribution < -0.4 is 10.8 Å². The first kappa shape index (κ1) is 12.2. The monoisotopic (exact) mass is 242 g/mol. The molecule has 0 aromatic heterocycles. The van der Waals surface area contributed by atoms with E-state index < -0.39 is 0 Å². The summed E-state index contributed by atoms with van der Waals surface area (Å²) in [4.78, 5) is 2.60. The molecule has 1 N–H and O–H groups in total. The maximum atomic E-state index is 3.76. The van der Waals surface area contributed by atoms with E-state index in [4.69, 9.17) is 0 Å². The maximum absolute atomic E-state index is 3.76. The van der Waals surface area contributed by atoms with E-state index in [-0.39, 0.29) is 0 Å². The van der Waals surface area contributed by atoms with E-state index in [1.165, 1.54) is 36.7 Å². The van der Waals surface area contributed by atoms with Crippen LogP contribution in [-0.2, 0) is 6.54 Å². The van der Waals surface area contributed by atoms with Crippen LogP contribution >= 0.6 is 0 Å². The first-order chi connectivity index (χ1) is 8.72. The van der Waals surface area contributed by atoms with Gasteiger partial charge >= 0.3 is 0 Å². The zero-order chi connectivity index (χ0) is 12.5. The molecule has 2 nitrogen and oxygen atoms in total. The minimum Gasteiger partial charge on any atom is -0.310 e. The molecule has 2 atom stereocenters. The molecule has 0 amide bonds. The Morgan fingerprint density at radius 2 is 2.00 bits per heavy atom. The first-order valence-electron chi connectivity index (χ1n) is 7.23. The van der Waals surface area contributed by atoms with Crippen LogP contribution in [0.2, 0.25) is 0 Å². The fourth-order valence-electron chi connectivity index (χ4n) is 3.66. The van der Waals surface area contributed by atoms with Crippen molar-refractivity contribution in [2.75, 3.05) is 7.05 Å². The highest BCUT2D eigenvalue weighted by Gasteiger charge is 2.37. The topological polar surface area (TPSA) is 15.3 Å². The molecule has 2 heterocycles. The van der Waals surface area contributed by atoms with Crippen molar-refractivity contribution in [2.24, 2.45) is 0 Å². The molecule has 3 rings (SSSR count). The van der Waals surface area contributed by atoms with Crippen LogP contribution in [0.1, 0.15) is 31.2 Å². The fraction of sp³-hybridized carbons (Fsp3) is 0.600. The molecule has 96 valence electrons. The highest BCUT2D eigenvalue weighted by atomic mass is 15.2. The Labute approximate surface area is 111 Å². The molecular formula is C15H23BN2. The van der Waals surface area contributed by atoms with E-state index >= 15 is 0 Å². The molecular weight excluding hydrogens is 219 g/mol. The average Bonchev–Trinajstić information content (AvgIpc) is 2.60. The Morgan fingerprint density at radius 3 is 2.67 bits per heavy atom. The highest BCUT2D eigenvalue weighted by molar-refractivity contribution is 6.32. The standard InChI is InChI=1S/C15H23BN2/c1-18-14-5-6-15(18)9-13(8-14)17-10-11-3-2-4-12(16)7-11/h2-4,7,13-15,17H,5-6,8-10,16H2,1H3. The normalized spacial score (nSPS) is 31.7. The summed E-state index contributed by atoms with van der Waals surface area (Å²) >= 11 is 0. The Kier molecular flexibility index (Phi) is 3.44. The predicted molar refractivity (Wildman–Crippen MR) is 79.1 cm³/mol. The summed E-state index contributed by atoms with van der Waals surface area (Å²) in [5.41, 5.74) is 2.78. The molecule has 2 saturated heterocycles. The molecule has 0 aliphatic carbocycles. The number of rotatable bonds is 3. The van der Waals surface area contributed by atoms with Gasteiger partial charge in [0, 0.05) is 24.7 Å². The zero-order valence-corrected chi connectivity index (χ0v) is 11.5. The summed E-state index contributed by atoms with van der Waals surface area (Å²) < 4.78 is 0. The van der Waals surface area contributed by atoms with Crippen molar-refractivity contribution < 1.29 is 0 Å². The number of benzene rings is 1. The number of fused-ring (bicyclic) bond motifs is 2. The number of piperidine rings is 1. The lowest BCUT2D eigenvalue weighted by molar-refractivity contribution is 0.148. The molecule has 18 heavy (non-hydrogen) atoms. The molecule has 0 radical (unpaired) electrons. The summed E-state index contributed by atoms with van der Waals surface area (Å²) in [5, 5.41) is 3.76. The van der Waals surface area contributed by atoms with Crippen molar-refractivity contribution in [3.05, 3.63) is 29.8 Å². The molecule has 3 heteroatoms. The van der Waals surface area contributed by atoms with Gasteiger partial charge in [-0.2, -0.15) is 0 Å². The summed E-state index contributed by atoms with van der Waals surface area (Å²) in [6.07, 6.45) is 5.48. The lowest BCUT2D eigenvalue weighted by Gasteiger charge is -2.36. The van der Waals surface area contributed by atoms with Crippen molar-refractivity contribution in [3.63, 3.8) is 0 Å². The third-order valence-corrected chi connectivity index (χ3v) is 4.78. The van der Waals surface area contributed by atoms with E-state index in [1.54, 1.807) is 0 Å². The third-order valence-electron chi connectivity index (χ3n) is 4.78. The predicted octanol–water partition coefficient (Wildman–Crippen LogP) is 0.660. The van der Waals surface area contributed by atoms with Crippen LogP contribution in [0, 0.1) is 0 Å². The van der Waals surface area contributed by atoms with E-state index in [1.807, 2.05) is 0 Å². The second kappa shape index (κ2) is 5.06. The van der Waals surface area contributed by atoms with Crippen molar-refractivity contribution in [1.29, 1.82) is 0 Å². The Balaban J connectivity index is 1.55. The fourth-order valence-corrected chi connectivity index (χ4v) is 3.66. The molecule has 1 aromatic carbocycles. The van der Waals surface area contributed by atoms with Gasteiger partial charge in [-0.3, -0.25) is 0 Å².